The van der Waals surface area contributed by atoms with Crippen molar-refractivity contribution in [2.24, 2.45) is 0 Å². The summed E-state index contributed by atoms with van der Waals surface area (Å²) in [5, 5.41) is 9.21. The van der Waals surface area contributed by atoms with E-state index in [1.54, 1.807) is 0 Å². The number of rotatable bonds is 4. The topological polar surface area (TPSA) is 138 Å². The zero-order valence-electron chi connectivity index (χ0n) is 8.37. The molecule has 0 saturated carbocycles. The number of nitrogens with zero attached hydrogens (tertiary/aromatic N) is 1. The minimum absolute atomic E-state index is 0.0860. The van der Waals surface area contributed by atoms with Crippen molar-refractivity contribution < 1.29 is 38.3 Å². The fourth-order valence-corrected chi connectivity index (χ4v) is 2.43. The van der Waals surface area contributed by atoms with E-state index in [4.69, 9.17) is 19.3 Å². The summed E-state index contributed by atoms with van der Waals surface area (Å²) in [4.78, 5) is 31.8. The molecule has 2 saturated heterocycles. The highest BCUT2D eigenvalue weighted by Crippen LogP contribution is 2.42. The smallest absolute Gasteiger partial charge is 0.370 e. The number of ether oxygens (including phenoxy) is 2. The number of phosphoric acid groups is 1. The van der Waals surface area contributed by atoms with Crippen LogP contribution >= 0.6 is 7.82 Å². The summed E-state index contributed by atoms with van der Waals surface area (Å²) in [5.41, 5.74) is 0. The molecule has 0 aromatic heterocycles. The van der Waals surface area contributed by atoms with Crippen molar-refractivity contribution in [3.8, 4) is 0 Å². The lowest BCUT2D eigenvalue weighted by Gasteiger charge is -2.16. The van der Waals surface area contributed by atoms with E-state index in [9.17, 15) is 14.7 Å². The van der Waals surface area contributed by atoms with Gasteiger partial charge in [-0.2, -0.15) is 0 Å². The molecule has 10 nitrogen and oxygen atoms in total. The Morgan fingerprint density at radius 3 is 2.29 bits per heavy atom. The van der Waals surface area contributed by atoms with Gasteiger partial charge in [0, 0.05) is 0 Å². The van der Waals surface area contributed by atoms with Gasteiger partial charge in [-0.15, -0.1) is 10.1 Å². The van der Waals surface area contributed by atoms with Crippen LogP contribution < -0.4 is 0 Å². The van der Waals surface area contributed by atoms with Crippen molar-refractivity contribution in [3.05, 3.63) is 10.1 Å². The maximum Gasteiger partial charge on any atom is 0.470 e. The molecule has 2 fully saturated rings. The van der Waals surface area contributed by atoms with Crippen LogP contribution in [0.3, 0.4) is 0 Å². The molecule has 0 amide bonds. The zero-order chi connectivity index (χ0) is 12.6. The predicted octanol–water partition coefficient (Wildman–Crippen LogP) is -1.16. The van der Waals surface area contributed by atoms with Crippen molar-refractivity contribution in [2.45, 2.75) is 24.4 Å². The van der Waals surface area contributed by atoms with Crippen molar-refractivity contribution in [2.75, 3.05) is 13.2 Å². The molecule has 0 spiro atoms. The summed E-state index contributed by atoms with van der Waals surface area (Å²) in [5.74, 6) is 0. The first-order valence-corrected chi connectivity index (χ1v) is 6.18. The molecule has 11 heteroatoms. The molecule has 2 rings (SSSR count). The average molecular weight is 271 g/mol. The summed E-state index contributed by atoms with van der Waals surface area (Å²) < 4.78 is 25.4. The Morgan fingerprint density at radius 2 is 1.76 bits per heavy atom. The Balaban J connectivity index is 1.97. The van der Waals surface area contributed by atoms with Gasteiger partial charge in [-0.3, -0.25) is 4.52 Å². The third-order valence-electron chi connectivity index (χ3n) is 2.46. The molecule has 0 aromatic rings. The lowest BCUT2D eigenvalue weighted by atomic mass is 10.1. The van der Waals surface area contributed by atoms with Crippen LogP contribution in [-0.4, -0.2) is 52.5 Å². The van der Waals surface area contributed by atoms with E-state index in [1.807, 2.05) is 0 Å². The molecule has 2 aliphatic rings. The van der Waals surface area contributed by atoms with Crippen LogP contribution in [0.5, 0.6) is 0 Å². The normalized spacial score (nSPS) is 36.8. The van der Waals surface area contributed by atoms with E-state index in [2.05, 4.69) is 9.36 Å². The third kappa shape index (κ3) is 2.92. The zero-order valence-corrected chi connectivity index (χ0v) is 9.26. The SMILES string of the molecule is O=[N+]([O-])O[C@@H]1CO[C@H]2[C@@H]1OC[C@@H]2OP(=O)(O)O. The molecule has 0 radical (unpaired) electrons. The Morgan fingerprint density at radius 1 is 1.24 bits per heavy atom. The van der Waals surface area contributed by atoms with Gasteiger partial charge in [0.25, 0.3) is 5.09 Å². The number of hydrogen-bond acceptors (Lipinski definition) is 7. The van der Waals surface area contributed by atoms with E-state index < -0.39 is 37.3 Å². The molecule has 4 atom stereocenters. The lowest BCUT2D eigenvalue weighted by Crippen LogP contribution is -2.34. The second-order valence-electron chi connectivity index (χ2n) is 3.60. The second-order valence-corrected chi connectivity index (χ2v) is 4.79. The second kappa shape index (κ2) is 4.48. The van der Waals surface area contributed by atoms with Crippen LogP contribution in [0.15, 0.2) is 0 Å². The van der Waals surface area contributed by atoms with Crippen LogP contribution in [0.2, 0.25) is 0 Å². The van der Waals surface area contributed by atoms with Gasteiger partial charge >= 0.3 is 7.82 Å². The number of phosphoric ester groups is 1. The molecule has 17 heavy (non-hydrogen) atoms. The Labute approximate surface area is 94.8 Å². The summed E-state index contributed by atoms with van der Waals surface area (Å²) in [7, 11) is -4.65. The Hall–Kier alpha value is -0.770. The maximum atomic E-state index is 10.7. The van der Waals surface area contributed by atoms with Gasteiger partial charge in [0.15, 0.2) is 6.10 Å². The Kier molecular flexibility index (Phi) is 3.34. The van der Waals surface area contributed by atoms with Crippen molar-refractivity contribution in [1.82, 2.24) is 0 Å². The van der Waals surface area contributed by atoms with Gasteiger partial charge in [0.05, 0.1) is 13.2 Å². The first kappa shape index (κ1) is 12.7. The van der Waals surface area contributed by atoms with E-state index in [1.165, 1.54) is 0 Å². The summed E-state index contributed by atoms with van der Waals surface area (Å²) in [6.07, 6.45) is -3.38. The molecule has 98 valence electrons. The van der Waals surface area contributed by atoms with E-state index in [0.717, 1.165) is 0 Å². The maximum absolute atomic E-state index is 10.7. The molecule has 0 aromatic carbocycles. The van der Waals surface area contributed by atoms with Crippen molar-refractivity contribution in [1.29, 1.82) is 0 Å². The standard InChI is InChI=1S/C6H10NO9P/c8-7(9)15-3-1-13-6-4(2-14-5(3)6)16-17(10,11)12/h3-6H,1-2H2,(H2,10,11,12)/t3-,4+,5-,6-/m1/s1. The Bertz CT molecular complexity index is 355. The van der Waals surface area contributed by atoms with Gasteiger partial charge in [0.2, 0.25) is 0 Å². The van der Waals surface area contributed by atoms with E-state index >= 15 is 0 Å². The summed E-state index contributed by atoms with van der Waals surface area (Å²) in [6, 6.07) is 0. The average Bonchev–Trinajstić information content (AvgIpc) is 2.68. The minimum Gasteiger partial charge on any atom is -0.370 e. The fourth-order valence-electron chi connectivity index (χ4n) is 1.90. The van der Waals surface area contributed by atoms with Gasteiger partial charge in [-0.25, -0.2) is 4.57 Å². The largest absolute Gasteiger partial charge is 0.470 e. The summed E-state index contributed by atoms with van der Waals surface area (Å²) in [6.45, 7) is -0.199. The number of hydrogen-bond donors (Lipinski definition) is 2. The molecule has 0 bridgehead atoms. The molecule has 0 aliphatic carbocycles. The van der Waals surface area contributed by atoms with Gasteiger partial charge in [-0.05, 0) is 0 Å². The highest BCUT2D eigenvalue weighted by molar-refractivity contribution is 7.46. The highest BCUT2D eigenvalue weighted by atomic mass is 31.2. The first-order chi connectivity index (χ1) is 7.87. The monoisotopic (exact) mass is 271 g/mol. The van der Waals surface area contributed by atoms with Crippen LogP contribution in [0.1, 0.15) is 0 Å². The highest BCUT2D eigenvalue weighted by Gasteiger charge is 2.51. The molecular formula is C6H10NO9P. The predicted molar refractivity (Wildman–Crippen MR) is 48.3 cm³/mol. The van der Waals surface area contributed by atoms with Crippen LogP contribution in [0.25, 0.3) is 0 Å². The van der Waals surface area contributed by atoms with Crippen molar-refractivity contribution >= 4 is 7.82 Å². The molecular weight excluding hydrogens is 261 g/mol. The fraction of sp³-hybridized carbons (Fsp3) is 1.00. The van der Waals surface area contributed by atoms with Gasteiger partial charge in [0.1, 0.15) is 18.3 Å². The first-order valence-electron chi connectivity index (χ1n) is 4.65. The van der Waals surface area contributed by atoms with E-state index in [0.29, 0.717) is 0 Å². The van der Waals surface area contributed by atoms with Crippen LogP contribution in [0.4, 0.5) is 0 Å². The van der Waals surface area contributed by atoms with Gasteiger partial charge in [-0.1, -0.05) is 0 Å². The van der Waals surface area contributed by atoms with E-state index in [-0.39, 0.29) is 13.2 Å². The summed E-state index contributed by atoms with van der Waals surface area (Å²) >= 11 is 0. The molecule has 0 unspecified atom stereocenters. The number of fused-ring (bicyclic) bond motifs is 1. The lowest BCUT2D eigenvalue weighted by molar-refractivity contribution is -0.769. The quantitative estimate of drug-likeness (QED) is 0.368. The molecule has 2 N–H and O–H groups in total. The van der Waals surface area contributed by atoms with Gasteiger partial charge < -0.3 is 24.1 Å². The van der Waals surface area contributed by atoms with Crippen LogP contribution in [0, 0.1) is 10.1 Å². The van der Waals surface area contributed by atoms with Crippen molar-refractivity contribution in [3.63, 3.8) is 0 Å². The third-order valence-corrected chi connectivity index (χ3v) is 3.00. The van der Waals surface area contributed by atoms with Crippen LogP contribution in [-0.2, 0) is 23.4 Å². The molecule has 2 aliphatic heterocycles. The molecule has 2 heterocycles. The minimum atomic E-state index is -4.65.